The van der Waals surface area contributed by atoms with Crippen molar-refractivity contribution in [2.24, 2.45) is 0 Å². The summed E-state index contributed by atoms with van der Waals surface area (Å²) in [6, 6.07) is 5.23. The zero-order valence-corrected chi connectivity index (χ0v) is 11.2. The molecule has 100 valence electrons. The summed E-state index contributed by atoms with van der Waals surface area (Å²) in [7, 11) is -1.81. The van der Waals surface area contributed by atoms with Crippen LogP contribution in [0.15, 0.2) is 23.1 Å². The summed E-state index contributed by atoms with van der Waals surface area (Å²) in [6.07, 6.45) is 1.62. The van der Waals surface area contributed by atoms with Gasteiger partial charge in [0.15, 0.2) is 0 Å². The Kier molecular flexibility index (Phi) is 4.21. The minimum absolute atomic E-state index is 0.313. The largest absolute Gasteiger partial charge is 0.385 e. The van der Waals surface area contributed by atoms with Crippen molar-refractivity contribution < 1.29 is 13.2 Å². The molecule has 0 radical (unpaired) electrons. The van der Waals surface area contributed by atoms with E-state index in [0.29, 0.717) is 24.5 Å². The lowest BCUT2D eigenvalue weighted by Crippen LogP contribution is -2.25. The van der Waals surface area contributed by atoms with Crippen LogP contribution in [0, 0.1) is 0 Å². The third-order valence-corrected chi connectivity index (χ3v) is 4.38. The van der Waals surface area contributed by atoms with Gasteiger partial charge in [-0.05, 0) is 30.5 Å². The van der Waals surface area contributed by atoms with Crippen LogP contribution in [0.3, 0.4) is 0 Å². The Hall–Kier alpha value is -1.11. The molecule has 0 bridgehead atoms. The molecule has 0 fully saturated rings. The van der Waals surface area contributed by atoms with Crippen molar-refractivity contribution in [3.05, 3.63) is 23.8 Å². The topological polar surface area (TPSA) is 67.4 Å². The molecule has 1 aliphatic rings. The molecule has 0 saturated carbocycles. The number of rotatable bonds is 6. The molecule has 0 atom stereocenters. The van der Waals surface area contributed by atoms with Crippen LogP contribution in [0.2, 0.25) is 0 Å². The number of sulfonamides is 1. The number of methoxy groups -OCH3 is 1. The van der Waals surface area contributed by atoms with Crippen LogP contribution in [0.5, 0.6) is 0 Å². The molecule has 2 N–H and O–H groups in total. The van der Waals surface area contributed by atoms with Crippen LogP contribution < -0.4 is 10.0 Å². The number of nitrogens with one attached hydrogen (secondary N) is 2. The van der Waals surface area contributed by atoms with Gasteiger partial charge in [-0.15, -0.1) is 0 Å². The zero-order valence-electron chi connectivity index (χ0n) is 10.4. The fourth-order valence-corrected chi connectivity index (χ4v) is 3.04. The van der Waals surface area contributed by atoms with E-state index in [2.05, 4.69) is 10.0 Å². The molecule has 18 heavy (non-hydrogen) atoms. The smallest absolute Gasteiger partial charge is 0.240 e. The third kappa shape index (κ3) is 3.01. The molecule has 0 aromatic heterocycles. The Morgan fingerprint density at radius 1 is 1.44 bits per heavy atom. The van der Waals surface area contributed by atoms with Crippen molar-refractivity contribution in [1.29, 1.82) is 0 Å². The molecule has 1 heterocycles. The summed E-state index contributed by atoms with van der Waals surface area (Å²) < 4.78 is 31.5. The predicted octanol–water partition coefficient (Wildman–Crippen LogP) is 0.969. The lowest BCUT2D eigenvalue weighted by molar-refractivity contribution is 0.196. The van der Waals surface area contributed by atoms with Gasteiger partial charge in [0.05, 0.1) is 4.90 Å². The Bertz CT molecular complexity index is 514. The lowest BCUT2D eigenvalue weighted by atomic mass is 10.2. The van der Waals surface area contributed by atoms with E-state index in [0.717, 1.165) is 18.7 Å². The molecule has 0 amide bonds. The average Bonchev–Trinajstić information content (AvgIpc) is 2.82. The van der Waals surface area contributed by atoms with Crippen molar-refractivity contribution in [3.63, 3.8) is 0 Å². The Morgan fingerprint density at radius 3 is 3.06 bits per heavy atom. The van der Waals surface area contributed by atoms with Gasteiger partial charge in [-0.1, -0.05) is 6.07 Å². The Labute approximate surface area is 108 Å². The average molecular weight is 270 g/mol. The number of benzene rings is 1. The highest BCUT2D eigenvalue weighted by Crippen LogP contribution is 2.25. The van der Waals surface area contributed by atoms with Gasteiger partial charge < -0.3 is 10.1 Å². The maximum absolute atomic E-state index is 12.0. The van der Waals surface area contributed by atoms with E-state index in [-0.39, 0.29) is 0 Å². The van der Waals surface area contributed by atoms with Crippen molar-refractivity contribution >= 4 is 15.7 Å². The number of hydrogen-bond donors (Lipinski definition) is 2. The highest BCUT2D eigenvalue weighted by atomic mass is 32.2. The Balaban J connectivity index is 2.05. The standard InChI is InChI=1S/C12H18N2O3S/c1-17-8-2-6-14-18(15,16)11-4-3-10-5-7-13-12(10)9-11/h3-4,9,13-14H,2,5-8H2,1H3. The van der Waals surface area contributed by atoms with Crippen molar-refractivity contribution in [1.82, 2.24) is 4.72 Å². The number of hydrogen-bond acceptors (Lipinski definition) is 4. The first kappa shape index (κ1) is 13.3. The fraction of sp³-hybridized carbons (Fsp3) is 0.500. The van der Waals surface area contributed by atoms with E-state index in [9.17, 15) is 8.42 Å². The van der Waals surface area contributed by atoms with Crippen molar-refractivity contribution in [2.45, 2.75) is 17.7 Å². The van der Waals surface area contributed by atoms with E-state index in [1.165, 1.54) is 5.56 Å². The van der Waals surface area contributed by atoms with Crippen LogP contribution >= 0.6 is 0 Å². The molecular weight excluding hydrogens is 252 g/mol. The second-order valence-corrected chi connectivity index (χ2v) is 6.01. The molecular formula is C12H18N2O3S. The summed E-state index contributed by atoms with van der Waals surface area (Å²) in [4.78, 5) is 0.313. The van der Waals surface area contributed by atoms with Gasteiger partial charge in [0, 0.05) is 32.5 Å². The van der Waals surface area contributed by atoms with E-state index in [1.54, 1.807) is 19.2 Å². The van der Waals surface area contributed by atoms with Crippen molar-refractivity contribution in [3.8, 4) is 0 Å². The van der Waals surface area contributed by atoms with E-state index in [1.807, 2.05) is 6.07 Å². The molecule has 5 nitrogen and oxygen atoms in total. The van der Waals surface area contributed by atoms with Gasteiger partial charge in [0.1, 0.15) is 0 Å². The molecule has 1 aliphatic heterocycles. The summed E-state index contributed by atoms with van der Waals surface area (Å²) >= 11 is 0. The molecule has 2 rings (SSSR count). The molecule has 6 heteroatoms. The minimum Gasteiger partial charge on any atom is -0.385 e. The summed E-state index contributed by atoms with van der Waals surface area (Å²) in [5, 5.41) is 3.18. The summed E-state index contributed by atoms with van der Waals surface area (Å²) in [6.45, 7) is 1.81. The van der Waals surface area contributed by atoms with E-state index in [4.69, 9.17) is 4.74 Å². The first-order valence-corrected chi connectivity index (χ1v) is 7.47. The monoisotopic (exact) mass is 270 g/mol. The quantitative estimate of drug-likeness (QED) is 0.756. The zero-order chi connectivity index (χ0) is 13.0. The van der Waals surface area contributed by atoms with Crippen LogP contribution in [-0.4, -0.2) is 35.2 Å². The highest BCUT2D eigenvalue weighted by molar-refractivity contribution is 7.89. The molecule has 0 spiro atoms. The molecule has 1 aromatic rings. The van der Waals surface area contributed by atoms with Crippen molar-refractivity contribution in [2.75, 3.05) is 32.1 Å². The number of anilines is 1. The predicted molar refractivity (Wildman–Crippen MR) is 70.3 cm³/mol. The highest BCUT2D eigenvalue weighted by Gasteiger charge is 2.17. The van der Waals surface area contributed by atoms with Crippen LogP contribution in [-0.2, 0) is 21.2 Å². The Morgan fingerprint density at radius 2 is 2.28 bits per heavy atom. The third-order valence-electron chi connectivity index (χ3n) is 2.92. The first-order chi connectivity index (χ1) is 8.63. The summed E-state index contributed by atoms with van der Waals surface area (Å²) in [5.41, 5.74) is 2.10. The fourth-order valence-electron chi connectivity index (χ4n) is 1.94. The SMILES string of the molecule is COCCCNS(=O)(=O)c1ccc2c(c1)NCC2. The maximum atomic E-state index is 12.0. The van der Waals surface area contributed by atoms with Gasteiger partial charge in [-0.3, -0.25) is 0 Å². The van der Waals surface area contributed by atoms with Gasteiger partial charge in [0.25, 0.3) is 0 Å². The van der Waals surface area contributed by atoms with Crippen LogP contribution in [0.4, 0.5) is 5.69 Å². The molecule has 1 aromatic carbocycles. The van der Waals surface area contributed by atoms with Gasteiger partial charge in [-0.2, -0.15) is 0 Å². The molecule has 0 aliphatic carbocycles. The van der Waals surface area contributed by atoms with E-state index < -0.39 is 10.0 Å². The van der Waals surface area contributed by atoms with Gasteiger partial charge in [0.2, 0.25) is 10.0 Å². The number of ether oxygens (including phenoxy) is 1. The second-order valence-electron chi connectivity index (χ2n) is 4.24. The van der Waals surface area contributed by atoms with Crippen LogP contribution in [0.25, 0.3) is 0 Å². The molecule has 0 unspecified atom stereocenters. The summed E-state index contributed by atoms with van der Waals surface area (Å²) in [5.74, 6) is 0. The van der Waals surface area contributed by atoms with E-state index >= 15 is 0 Å². The minimum atomic E-state index is -3.41. The van der Waals surface area contributed by atoms with Gasteiger partial charge in [-0.25, -0.2) is 13.1 Å². The van der Waals surface area contributed by atoms with Gasteiger partial charge >= 0.3 is 0 Å². The normalized spacial score (nSPS) is 14.3. The maximum Gasteiger partial charge on any atom is 0.240 e. The van der Waals surface area contributed by atoms with Crippen LogP contribution in [0.1, 0.15) is 12.0 Å². The first-order valence-electron chi connectivity index (χ1n) is 5.99. The molecule has 0 saturated heterocycles. The number of fused-ring (bicyclic) bond motifs is 1. The lowest BCUT2D eigenvalue weighted by Gasteiger charge is -2.08. The second kappa shape index (κ2) is 5.69.